The molecule has 102 valence electrons. The predicted molar refractivity (Wildman–Crippen MR) is 78.7 cm³/mol. The van der Waals surface area contributed by atoms with Gasteiger partial charge in [0.05, 0.1) is 12.6 Å². The van der Waals surface area contributed by atoms with E-state index >= 15 is 0 Å². The third-order valence-electron chi connectivity index (χ3n) is 2.95. The second-order valence-electron chi connectivity index (χ2n) is 4.28. The summed E-state index contributed by atoms with van der Waals surface area (Å²) in [6.07, 6.45) is 0. The van der Waals surface area contributed by atoms with Crippen molar-refractivity contribution < 1.29 is 4.79 Å². The Balaban J connectivity index is 2.41. The summed E-state index contributed by atoms with van der Waals surface area (Å²) in [6.45, 7) is 7.87. The van der Waals surface area contributed by atoms with Crippen LogP contribution < -0.4 is 5.32 Å². The molecular formula is C16H22N2O. The van der Waals surface area contributed by atoms with E-state index in [-0.39, 0.29) is 11.9 Å². The molecule has 0 saturated carbocycles. The normalized spacial score (nSPS) is 11.3. The minimum absolute atomic E-state index is 0.131. The molecule has 3 nitrogen and oxygen atoms in total. The van der Waals surface area contributed by atoms with E-state index in [1.165, 1.54) is 0 Å². The molecular weight excluding hydrogens is 236 g/mol. The van der Waals surface area contributed by atoms with E-state index in [0.29, 0.717) is 6.54 Å². The SMILES string of the molecule is CCN(CC)C(=O)C(C)NCC#Cc1ccccc1. The number of hydrogen-bond acceptors (Lipinski definition) is 2. The third kappa shape index (κ3) is 5.15. The van der Waals surface area contributed by atoms with Gasteiger partial charge in [-0.15, -0.1) is 0 Å². The van der Waals surface area contributed by atoms with Crippen molar-refractivity contribution >= 4 is 5.91 Å². The fourth-order valence-corrected chi connectivity index (χ4v) is 1.77. The number of nitrogens with zero attached hydrogens (tertiary/aromatic N) is 1. The van der Waals surface area contributed by atoms with Crippen LogP contribution in [-0.4, -0.2) is 36.5 Å². The molecule has 19 heavy (non-hydrogen) atoms. The van der Waals surface area contributed by atoms with E-state index in [4.69, 9.17) is 0 Å². The smallest absolute Gasteiger partial charge is 0.239 e. The van der Waals surface area contributed by atoms with E-state index in [0.717, 1.165) is 18.7 Å². The first-order valence-electron chi connectivity index (χ1n) is 6.75. The fourth-order valence-electron chi connectivity index (χ4n) is 1.77. The van der Waals surface area contributed by atoms with E-state index in [9.17, 15) is 4.79 Å². The zero-order valence-corrected chi connectivity index (χ0v) is 11.9. The number of benzene rings is 1. The van der Waals surface area contributed by atoms with Crippen molar-refractivity contribution in [2.45, 2.75) is 26.8 Å². The van der Waals surface area contributed by atoms with Crippen molar-refractivity contribution in [2.75, 3.05) is 19.6 Å². The average Bonchev–Trinajstić information content (AvgIpc) is 2.45. The van der Waals surface area contributed by atoms with Crippen LogP contribution in [0.2, 0.25) is 0 Å². The van der Waals surface area contributed by atoms with Gasteiger partial charge in [0.25, 0.3) is 0 Å². The number of nitrogens with one attached hydrogen (secondary N) is 1. The Morgan fingerprint density at radius 1 is 1.26 bits per heavy atom. The first-order chi connectivity index (χ1) is 9.19. The molecule has 0 fully saturated rings. The summed E-state index contributed by atoms with van der Waals surface area (Å²) in [4.78, 5) is 13.8. The molecule has 0 heterocycles. The van der Waals surface area contributed by atoms with Crippen LogP contribution in [0.4, 0.5) is 0 Å². The topological polar surface area (TPSA) is 32.3 Å². The Hall–Kier alpha value is -1.79. The van der Waals surface area contributed by atoms with Crippen LogP contribution in [0.3, 0.4) is 0 Å². The molecule has 1 unspecified atom stereocenters. The first-order valence-corrected chi connectivity index (χ1v) is 6.75. The minimum atomic E-state index is -0.190. The fraction of sp³-hybridized carbons (Fsp3) is 0.438. The average molecular weight is 258 g/mol. The Kier molecular flexibility index (Phi) is 6.70. The molecule has 0 aliphatic rings. The van der Waals surface area contributed by atoms with E-state index in [1.807, 2.05) is 56.0 Å². The van der Waals surface area contributed by atoms with Crippen molar-refractivity contribution in [3.8, 4) is 11.8 Å². The van der Waals surface area contributed by atoms with Gasteiger partial charge in [-0.25, -0.2) is 0 Å². The van der Waals surface area contributed by atoms with E-state index < -0.39 is 0 Å². The Bertz CT molecular complexity index is 441. The number of amides is 1. The summed E-state index contributed by atoms with van der Waals surface area (Å²) >= 11 is 0. The van der Waals surface area contributed by atoms with Crippen molar-refractivity contribution in [3.05, 3.63) is 35.9 Å². The van der Waals surface area contributed by atoms with E-state index in [2.05, 4.69) is 17.2 Å². The summed E-state index contributed by atoms with van der Waals surface area (Å²) in [5.74, 6) is 6.22. The minimum Gasteiger partial charge on any atom is -0.342 e. The molecule has 1 aromatic rings. The summed E-state index contributed by atoms with van der Waals surface area (Å²) in [5, 5.41) is 3.14. The van der Waals surface area contributed by atoms with Gasteiger partial charge in [0.1, 0.15) is 0 Å². The van der Waals surface area contributed by atoms with Crippen molar-refractivity contribution in [1.29, 1.82) is 0 Å². The lowest BCUT2D eigenvalue weighted by molar-refractivity contribution is -0.132. The Labute approximate surface area is 116 Å². The molecule has 1 rings (SSSR count). The van der Waals surface area contributed by atoms with Crippen LogP contribution >= 0.6 is 0 Å². The van der Waals surface area contributed by atoms with Gasteiger partial charge in [-0.3, -0.25) is 10.1 Å². The largest absolute Gasteiger partial charge is 0.342 e. The number of hydrogen-bond donors (Lipinski definition) is 1. The first kappa shape index (κ1) is 15.3. The molecule has 1 aromatic carbocycles. The predicted octanol–water partition coefficient (Wildman–Crippen LogP) is 1.88. The van der Waals surface area contributed by atoms with Crippen molar-refractivity contribution in [1.82, 2.24) is 10.2 Å². The molecule has 0 bridgehead atoms. The quantitative estimate of drug-likeness (QED) is 0.818. The molecule has 0 aliphatic heterocycles. The van der Waals surface area contributed by atoms with Gasteiger partial charge < -0.3 is 4.90 Å². The van der Waals surface area contributed by atoms with Crippen LogP contribution in [0.25, 0.3) is 0 Å². The highest BCUT2D eigenvalue weighted by molar-refractivity contribution is 5.81. The van der Waals surface area contributed by atoms with E-state index in [1.54, 1.807) is 0 Å². The molecule has 1 atom stereocenters. The molecule has 0 spiro atoms. The number of likely N-dealkylation sites (N-methyl/N-ethyl adjacent to an activating group) is 1. The molecule has 0 aliphatic carbocycles. The van der Waals surface area contributed by atoms with Gasteiger partial charge in [0, 0.05) is 18.7 Å². The second kappa shape index (κ2) is 8.34. The lowest BCUT2D eigenvalue weighted by Gasteiger charge is -2.22. The number of rotatable bonds is 5. The number of carbonyl (C=O) groups is 1. The molecule has 0 aromatic heterocycles. The van der Waals surface area contributed by atoms with Crippen LogP contribution in [0.5, 0.6) is 0 Å². The third-order valence-corrected chi connectivity index (χ3v) is 2.95. The molecule has 1 N–H and O–H groups in total. The molecule has 3 heteroatoms. The van der Waals surface area contributed by atoms with Crippen molar-refractivity contribution in [3.63, 3.8) is 0 Å². The summed E-state index contributed by atoms with van der Waals surface area (Å²) in [7, 11) is 0. The number of carbonyl (C=O) groups excluding carboxylic acids is 1. The van der Waals surface area contributed by atoms with Gasteiger partial charge in [-0.2, -0.15) is 0 Å². The second-order valence-corrected chi connectivity index (χ2v) is 4.28. The van der Waals surface area contributed by atoms with Crippen LogP contribution in [0.1, 0.15) is 26.3 Å². The zero-order chi connectivity index (χ0) is 14.1. The summed E-state index contributed by atoms with van der Waals surface area (Å²) in [6, 6.07) is 9.64. The highest BCUT2D eigenvalue weighted by Crippen LogP contribution is 1.95. The lowest BCUT2D eigenvalue weighted by atomic mass is 10.2. The van der Waals surface area contributed by atoms with Crippen LogP contribution in [0, 0.1) is 11.8 Å². The van der Waals surface area contributed by atoms with Crippen LogP contribution in [0.15, 0.2) is 30.3 Å². The van der Waals surface area contributed by atoms with Gasteiger partial charge in [-0.05, 0) is 32.9 Å². The summed E-state index contributed by atoms with van der Waals surface area (Å²) in [5.41, 5.74) is 0.993. The summed E-state index contributed by atoms with van der Waals surface area (Å²) < 4.78 is 0. The Morgan fingerprint density at radius 3 is 2.47 bits per heavy atom. The van der Waals surface area contributed by atoms with Crippen LogP contribution in [-0.2, 0) is 4.79 Å². The zero-order valence-electron chi connectivity index (χ0n) is 11.9. The monoisotopic (exact) mass is 258 g/mol. The standard InChI is InChI=1S/C16H22N2O/c1-4-18(5-2)16(19)14(3)17-13-9-12-15-10-7-6-8-11-15/h6-8,10-11,14,17H,4-5,13H2,1-3H3. The highest BCUT2D eigenvalue weighted by atomic mass is 16.2. The lowest BCUT2D eigenvalue weighted by Crippen LogP contribution is -2.44. The van der Waals surface area contributed by atoms with Gasteiger partial charge >= 0.3 is 0 Å². The maximum atomic E-state index is 12.0. The maximum Gasteiger partial charge on any atom is 0.239 e. The van der Waals surface area contributed by atoms with Crippen molar-refractivity contribution in [2.24, 2.45) is 0 Å². The Morgan fingerprint density at radius 2 is 1.89 bits per heavy atom. The van der Waals surface area contributed by atoms with Gasteiger partial charge in [-0.1, -0.05) is 30.0 Å². The maximum absolute atomic E-state index is 12.0. The van der Waals surface area contributed by atoms with Gasteiger partial charge in [0.2, 0.25) is 5.91 Å². The van der Waals surface area contributed by atoms with Gasteiger partial charge in [0.15, 0.2) is 0 Å². The molecule has 0 radical (unpaired) electrons. The molecule has 1 amide bonds. The molecule has 0 saturated heterocycles. The highest BCUT2D eigenvalue weighted by Gasteiger charge is 2.16.